The Bertz CT molecular complexity index is 508. The number of nitrogens with zero attached hydrogens (tertiary/aromatic N) is 3. The van der Waals surface area contributed by atoms with Crippen LogP contribution in [-0.4, -0.2) is 36.4 Å². The van der Waals surface area contributed by atoms with Crippen molar-refractivity contribution in [3.8, 4) is 0 Å². The van der Waals surface area contributed by atoms with Gasteiger partial charge in [0.1, 0.15) is 5.82 Å². The lowest BCUT2D eigenvalue weighted by Gasteiger charge is -2.33. The third kappa shape index (κ3) is 2.19. The minimum Gasteiger partial charge on any atom is -0.381 e. The SMILES string of the molecule is CCn1c(C2CC(OC)C2)nnc1S(=O)(=O)F. The Morgan fingerprint density at radius 3 is 2.59 bits per heavy atom. The van der Waals surface area contributed by atoms with Crippen LogP contribution in [0.4, 0.5) is 3.89 Å². The van der Waals surface area contributed by atoms with Crippen LogP contribution in [0.3, 0.4) is 0 Å². The van der Waals surface area contributed by atoms with Gasteiger partial charge in [0.25, 0.3) is 5.16 Å². The Labute approximate surface area is 99.0 Å². The van der Waals surface area contributed by atoms with Gasteiger partial charge in [0.15, 0.2) is 0 Å². The van der Waals surface area contributed by atoms with Crippen molar-refractivity contribution < 1.29 is 17.0 Å². The maximum atomic E-state index is 12.9. The van der Waals surface area contributed by atoms with E-state index < -0.39 is 15.4 Å². The van der Waals surface area contributed by atoms with Crippen LogP contribution in [-0.2, 0) is 21.5 Å². The number of hydrogen-bond acceptors (Lipinski definition) is 5. The normalized spacial score (nSPS) is 24.6. The molecule has 0 spiro atoms. The van der Waals surface area contributed by atoms with Gasteiger partial charge in [-0.2, -0.15) is 8.42 Å². The second-order valence-electron chi connectivity index (χ2n) is 4.05. The quantitative estimate of drug-likeness (QED) is 0.753. The molecule has 0 unspecified atom stereocenters. The zero-order chi connectivity index (χ0) is 12.6. The molecule has 1 heterocycles. The zero-order valence-electron chi connectivity index (χ0n) is 9.63. The van der Waals surface area contributed by atoms with Crippen LogP contribution in [0.5, 0.6) is 0 Å². The van der Waals surface area contributed by atoms with Gasteiger partial charge in [-0.25, -0.2) is 0 Å². The van der Waals surface area contributed by atoms with Crippen molar-refractivity contribution in [1.82, 2.24) is 14.8 Å². The highest BCUT2D eigenvalue weighted by Gasteiger charge is 2.36. The van der Waals surface area contributed by atoms with Gasteiger partial charge in [-0.3, -0.25) is 4.57 Å². The van der Waals surface area contributed by atoms with Gasteiger partial charge < -0.3 is 4.74 Å². The summed E-state index contributed by atoms with van der Waals surface area (Å²) in [5.41, 5.74) is 0. The van der Waals surface area contributed by atoms with Gasteiger partial charge in [0, 0.05) is 19.6 Å². The maximum absolute atomic E-state index is 12.9. The van der Waals surface area contributed by atoms with Crippen molar-refractivity contribution in [2.24, 2.45) is 0 Å². The van der Waals surface area contributed by atoms with Gasteiger partial charge in [0.05, 0.1) is 6.10 Å². The van der Waals surface area contributed by atoms with Crippen molar-refractivity contribution >= 4 is 10.2 Å². The zero-order valence-corrected chi connectivity index (χ0v) is 10.4. The highest BCUT2D eigenvalue weighted by atomic mass is 32.3. The van der Waals surface area contributed by atoms with Crippen molar-refractivity contribution in [3.05, 3.63) is 5.82 Å². The summed E-state index contributed by atoms with van der Waals surface area (Å²) < 4.78 is 41.1. The van der Waals surface area contributed by atoms with Crippen LogP contribution in [0.1, 0.15) is 31.5 Å². The molecule has 1 saturated carbocycles. The number of halogens is 1. The fourth-order valence-electron chi connectivity index (χ4n) is 2.05. The molecular weight excluding hydrogens is 249 g/mol. The molecule has 0 bridgehead atoms. The Kier molecular flexibility index (Phi) is 3.17. The fourth-order valence-corrected chi connectivity index (χ4v) is 2.67. The molecule has 1 fully saturated rings. The summed E-state index contributed by atoms with van der Waals surface area (Å²) in [4.78, 5) is 0. The minimum atomic E-state index is -4.80. The molecular formula is C9H14FN3O3S. The summed E-state index contributed by atoms with van der Waals surface area (Å²) in [5.74, 6) is 0.625. The molecule has 1 aliphatic rings. The number of hydrogen-bond donors (Lipinski definition) is 0. The van der Waals surface area contributed by atoms with Gasteiger partial charge in [0.2, 0.25) is 0 Å². The summed E-state index contributed by atoms with van der Waals surface area (Å²) in [6.45, 7) is 2.06. The Morgan fingerprint density at radius 1 is 1.47 bits per heavy atom. The summed E-state index contributed by atoms with van der Waals surface area (Å²) >= 11 is 0. The third-order valence-electron chi connectivity index (χ3n) is 3.07. The molecule has 0 N–H and O–H groups in total. The predicted octanol–water partition coefficient (Wildman–Crippen LogP) is 0.849. The van der Waals surface area contributed by atoms with E-state index in [4.69, 9.17) is 4.74 Å². The maximum Gasteiger partial charge on any atom is 0.368 e. The monoisotopic (exact) mass is 263 g/mol. The van der Waals surface area contributed by atoms with E-state index in [1.807, 2.05) is 0 Å². The summed E-state index contributed by atoms with van der Waals surface area (Å²) in [7, 11) is -3.18. The highest BCUT2D eigenvalue weighted by Crippen LogP contribution is 2.38. The predicted molar refractivity (Wildman–Crippen MR) is 56.8 cm³/mol. The summed E-state index contributed by atoms with van der Waals surface area (Å²) in [6.07, 6.45) is 1.70. The second kappa shape index (κ2) is 4.34. The molecule has 2 rings (SSSR count). The molecule has 17 heavy (non-hydrogen) atoms. The summed E-state index contributed by atoms with van der Waals surface area (Å²) in [5, 5.41) is 6.60. The molecule has 0 atom stereocenters. The van der Waals surface area contributed by atoms with E-state index in [9.17, 15) is 12.3 Å². The van der Waals surface area contributed by atoms with Gasteiger partial charge >= 0.3 is 10.2 Å². The van der Waals surface area contributed by atoms with Crippen LogP contribution in [0, 0.1) is 0 Å². The lowest BCUT2D eigenvalue weighted by Crippen LogP contribution is -2.30. The number of methoxy groups -OCH3 is 1. The van der Waals surface area contributed by atoms with Gasteiger partial charge in [-0.15, -0.1) is 10.2 Å². The smallest absolute Gasteiger partial charge is 0.368 e. The van der Waals surface area contributed by atoms with Crippen molar-refractivity contribution in [2.45, 2.75) is 43.5 Å². The molecule has 0 radical (unpaired) electrons. The standard InChI is InChI=1S/C9H14FN3O3S/c1-3-13-8(6-4-7(5-6)16-2)11-12-9(13)17(10,14)15/h6-7H,3-5H2,1-2H3. The molecule has 0 aliphatic heterocycles. The average Bonchev–Trinajstić information content (AvgIpc) is 2.59. The Balaban J connectivity index is 2.28. The van der Waals surface area contributed by atoms with Crippen LogP contribution < -0.4 is 0 Å². The second-order valence-corrected chi connectivity index (χ2v) is 5.29. The van der Waals surface area contributed by atoms with E-state index in [1.165, 1.54) is 4.57 Å². The molecule has 6 nitrogen and oxygen atoms in total. The van der Waals surface area contributed by atoms with E-state index in [2.05, 4.69) is 10.2 Å². The highest BCUT2D eigenvalue weighted by molar-refractivity contribution is 7.86. The van der Waals surface area contributed by atoms with E-state index >= 15 is 0 Å². The molecule has 96 valence electrons. The molecule has 0 amide bonds. The first kappa shape index (κ1) is 12.4. The molecule has 0 aromatic carbocycles. The first-order valence-electron chi connectivity index (χ1n) is 5.38. The van der Waals surface area contributed by atoms with Crippen LogP contribution in [0.15, 0.2) is 5.16 Å². The van der Waals surface area contributed by atoms with E-state index in [1.54, 1.807) is 14.0 Å². The largest absolute Gasteiger partial charge is 0.381 e. The van der Waals surface area contributed by atoms with E-state index in [0.717, 1.165) is 12.8 Å². The van der Waals surface area contributed by atoms with E-state index in [-0.39, 0.29) is 12.0 Å². The van der Waals surface area contributed by atoms with Gasteiger partial charge in [-0.05, 0) is 19.8 Å². The summed E-state index contributed by atoms with van der Waals surface area (Å²) in [6, 6.07) is 0. The van der Waals surface area contributed by atoms with Crippen LogP contribution in [0.25, 0.3) is 0 Å². The van der Waals surface area contributed by atoms with Crippen molar-refractivity contribution in [2.75, 3.05) is 7.11 Å². The van der Waals surface area contributed by atoms with Crippen LogP contribution >= 0.6 is 0 Å². The first-order valence-corrected chi connectivity index (χ1v) is 6.76. The van der Waals surface area contributed by atoms with Gasteiger partial charge in [-0.1, -0.05) is 3.89 Å². The molecule has 1 aromatic heterocycles. The van der Waals surface area contributed by atoms with Crippen molar-refractivity contribution in [3.63, 3.8) is 0 Å². The molecule has 1 aliphatic carbocycles. The topological polar surface area (TPSA) is 74.1 Å². The minimum absolute atomic E-state index is 0.0999. The lowest BCUT2D eigenvalue weighted by atomic mass is 9.81. The average molecular weight is 263 g/mol. The first-order chi connectivity index (χ1) is 7.97. The lowest BCUT2D eigenvalue weighted by molar-refractivity contribution is 0.0226. The number of aromatic nitrogens is 3. The molecule has 8 heteroatoms. The Hall–Kier alpha value is -1.02. The van der Waals surface area contributed by atoms with Crippen LogP contribution in [0.2, 0.25) is 0 Å². The Morgan fingerprint density at radius 2 is 2.12 bits per heavy atom. The van der Waals surface area contributed by atoms with E-state index in [0.29, 0.717) is 12.4 Å². The number of rotatable bonds is 4. The molecule has 0 saturated heterocycles. The third-order valence-corrected chi connectivity index (χ3v) is 3.81. The number of ether oxygens (including phenoxy) is 1. The van der Waals surface area contributed by atoms with Crippen molar-refractivity contribution in [1.29, 1.82) is 0 Å². The molecule has 1 aromatic rings. The fraction of sp³-hybridized carbons (Fsp3) is 0.778.